The van der Waals surface area contributed by atoms with Gasteiger partial charge in [-0.25, -0.2) is 0 Å². The van der Waals surface area contributed by atoms with Gasteiger partial charge in [-0.15, -0.1) is 12.4 Å². The third-order valence-corrected chi connectivity index (χ3v) is 4.46. The number of para-hydroxylation sites is 1. The minimum absolute atomic E-state index is 0. The summed E-state index contributed by atoms with van der Waals surface area (Å²) in [4.78, 5) is 14.2. The molecule has 0 saturated carbocycles. The van der Waals surface area contributed by atoms with Crippen molar-refractivity contribution in [2.24, 2.45) is 17.6 Å². The van der Waals surface area contributed by atoms with Gasteiger partial charge in [0.25, 0.3) is 0 Å². The maximum atomic E-state index is 12.4. The van der Waals surface area contributed by atoms with Gasteiger partial charge in [0.1, 0.15) is 5.75 Å². The Hall–Kier alpha value is -0.970. The van der Waals surface area contributed by atoms with Crippen LogP contribution in [0.4, 0.5) is 0 Å². The van der Waals surface area contributed by atoms with Crippen molar-refractivity contribution in [3.63, 3.8) is 0 Å². The SMILES string of the molecule is CC(C)[C@H](N)C(=O)N1CCCC(COc2ccccc2Cl)C1.Cl. The molecule has 1 aromatic carbocycles. The van der Waals surface area contributed by atoms with Crippen LogP contribution in [0.5, 0.6) is 5.75 Å². The highest BCUT2D eigenvalue weighted by Gasteiger charge is 2.28. The quantitative estimate of drug-likeness (QED) is 0.875. The van der Waals surface area contributed by atoms with Crippen LogP contribution in [0.15, 0.2) is 24.3 Å². The first-order valence-electron chi connectivity index (χ1n) is 7.90. The zero-order chi connectivity index (χ0) is 16.1. The van der Waals surface area contributed by atoms with Crippen LogP contribution in [-0.2, 0) is 4.79 Å². The maximum Gasteiger partial charge on any atom is 0.239 e. The summed E-state index contributed by atoms with van der Waals surface area (Å²) in [6.45, 7) is 6.03. The summed E-state index contributed by atoms with van der Waals surface area (Å²) in [5.74, 6) is 1.24. The molecule has 1 aliphatic rings. The third-order valence-electron chi connectivity index (χ3n) is 4.15. The number of hydrogen-bond acceptors (Lipinski definition) is 3. The first-order valence-corrected chi connectivity index (χ1v) is 8.28. The van der Waals surface area contributed by atoms with Gasteiger partial charge in [-0.3, -0.25) is 4.79 Å². The van der Waals surface area contributed by atoms with E-state index in [0.29, 0.717) is 29.8 Å². The molecule has 1 saturated heterocycles. The monoisotopic (exact) mass is 360 g/mol. The first-order chi connectivity index (χ1) is 10.5. The average molecular weight is 361 g/mol. The van der Waals surface area contributed by atoms with Crippen molar-refractivity contribution >= 4 is 29.9 Å². The Labute approximate surface area is 149 Å². The number of benzene rings is 1. The van der Waals surface area contributed by atoms with E-state index in [4.69, 9.17) is 22.1 Å². The molecule has 0 bridgehead atoms. The van der Waals surface area contributed by atoms with Gasteiger partial charge >= 0.3 is 0 Å². The van der Waals surface area contributed by atoms with E-state index < -0.39 is 6.04 Å². The topological polar surface area (TPSA) is 55.6 Å². The molecule has 1 fully saturated rings. The molecule has 23 heavy (non-hydrogen) atoms. The van der Waals surface area contributed by atoms with Crippen molar-refractivity contribution in [3.05, 3.63) is 29.3 Å². The molecule has 1 aliphatic heterocycles. The van der Waals surface area contributed by atoms with Crippen molar-refractivity contribution in [3.8, 4) is 5.75 Å². The Bertz CT molecular complexity index is 511. The molecular formula is C17H26Cl2N2O2. The summed E-state index contributed by atoms with van der Waals surface area (Å²) in [5.41, 5.74) is 5.98. The second kappa shape index (κ2) is 9.36. The van der Waals surface area contributed by atoms with E-state index in [-0.39, 0.29) is 24.2 Å². The zero-order valence-corrected chi connectivity index (χ0v) is 15.3. The summed E-state index contributed by atoms with van der Waals surface area (Å²) in [5, 5.41) is 0.619. The van der Waals surface area contributed by atoms with E-state index >= 15 is 0 Å². The van der Waals surface area contributed by atoms with Gasteiger partial charge in [0, 0.05) is 19.0 Å². The molecule has 0 spiro atoms. The molecule has 1 heterocycles. The van der Waals surface area contributed by atoms with Crippen molar-refractivity contribution in [1.29, 1.82) is 0 Å². The lowest BCUT2D eigenvalue weighted by Gasteiger charge is -2.34. The van der Waals surface area contributed by atoms with E-state index in [2.05, 4.69) is 0 Å². The van der Waals surface area contributed by atoms with Gasteiger partial charge in [0.15, 0.2) is 0 Å². The average Bonchev–Trinajstić information content (AvgIpc) is 2.53. The summed E-state index contributed by atoms with van der Waals surface area (Å²) >= 11 is 6.09. The standard InChI is InChI=1S/C17H25ClN2O2.ClH/c1-12(2)16(19)17(21)20-9-5-6-13(10-20)11-22-15-8-4-3-7-14(15)18;/h3-4,7-8,12-13,16H,5-6,9-11,19H2,1-2H3;1H/t13?,16-;/m0./s1. The smallest absolute Gasteiger partial charge is 0.239 e. The van der Waals surface area contributed by atoms with E-state index in [1.54, 1.807) is 0 Å². The van der Waals surface area contributed by atoms with Crippen molar-refractivity contribution in [1.82, 2.24) is 4.90 Å². The van der Waals surface area contributed by atoms with Crippen LogP contribution in [-0.4, -0.2) is 36.5 Å². The van der Waals surface area contributed by atoms with E-state index in [1.165, 1.54) is 0 Å². The minimum atomic E-state index is -0.414. The van der Waals surface area contributed by atoms with E-state index in [1.807, 2.05) is 43.0 Å². The lowest BCUT2D eigenvalue weighted by Crippen LogP contribution is -2.50. The number of halogens is 2. The van der Waals surface area contributed by atoms with Gasteiger partial charge in [-0.05, 0) is 30.9 Å². The molecule has 6 heteroatoms. The summed E-state index contributed by atoms with van der Waals surface area (Å²) in [7, 11) is 0. The van der Waals surface area contributed by atoms with Gasteiger partial charge < -0.3 is 15.4 Å². The number of carbonyl (C=O) groups excluding carboxylic acids is 1. The van der Waals surface area contributed by atoms with Gasteiger partial charge in [-0.2, -0.15) is 0 Å². The number of nitrogens with zero attached hydrogens (tertiary/aromatic N) is 1. The van der Waals surface area contributed by atoms with Gasteiger partial charge in [0.2, 0.25) is 5.91 Å². The molecule has 2 rings (SSSR count). The lowest BCUT2D eigenvalue weighted by atomic mass is 9.96. The molecular weight excluding hydrogens is 335 g/mol. The molecule has 2 atom stereocenters. The molecule has 4 nitrogen and oxygen atoms in total. The van der Waals surface area contributed by atoms with Crippen LogP contribution < -0.4 is 10.5 Å². The van der Waals surface area contributed by atoms with E-state index in [9.17, 15) is 4.79 Å². The molecule has 0 aliphatic carbocycles. The fourth-order valence-corrected chi connectivity index (χ4v) is 2.86. The Morgan fingerprint density at radius 3 is 2.78 bits per heavy atom. The zero-order valence-electron chi connectivity index (χ0n) is 13.7. The molecule has 1 amide bonds. The second-order valence-corrected chi connectivity index (χ2v) is 6.71. The Kier molecular flexibility index (Phi) is 8.17. The molecule has 1 unspecified atom stereocenters. The highest BCUT2D eigenvalue weighted by molar-refractivity contribution is 6.32. The highest BCUT2D eigenvalue weighted by atomic mass is 35.5. The van der Waals surface area contributed by atoms with Crippen LogP contribution in [0.3, 0.4) is 0 Å². The lowest BCUT2D eigenvalue weighted by molar-refractivity contribution is -0.135. The molecule has 130 valence electrons. The van der Waals surface area contributed by atoms with Crippen LogP contribution in [0, 0.1) is 11.8 Å². The predicted molar refractivity (Wildman–Crippen MR) is 96.3 cm³/mol. The number of carbonyl (C=O) groups is 1. The maximum absolute atomic E-state index is 12.4. The number of hydrogen-bond donors (Lipinski definition) is 1. The number of likely N-dealkylation sites (tertiary alicyclic amines) is 1. The summed E-state index contributed by atoms with van der Waals surface area (Å²) in [6, 6.07) is 7.05. The van der Waals surface area contributed by atoms with Crippen LogP contribution in [0.1, 0.15) is 26.7 Å². The van der Waals surface area contributed by atoms with E-state index in [0.717, 1.165) is 19.4 Å². The number of piperidine rings is 1. The summed E-state index contributed by atoms with van der Waals surface area (Å²) < 4.78 is 5.81. The van der Waals surface area contributed by atoms with Crippen LogP contribution in [0.2, 0.25) is 5.02 Å². The molecule has 0 aromatic heterocycles. The Morgan fingerprint density at radius 2 is 2.13 bits per heavy atom. The number of ether oxygens (including phenoxy) is 1. The number of nitrogens with two attached hydrogens (primary N) is 1. The largest absolute Gasteiger partial charge is 0.492 e. The van der Waals surface area contributed by atoms with Crippen LogP contribution in [0.25, 0.3) is 0 Å². The molecule has 1 aromatic rings. The predicted octanol–water partition coefficient (Wildman–Crippen LogP) is 3.36. The molecule has 0 radical (unpaired) electrons. The fraction of sp³-hybridized carbons (Fsp3) is 0.588. The Morgan fingerprint density at radius 1 is 1.43 bits per heavy atom. The van der Waals surface area contributed by atoms with Gasteiger partial charge in [0.05, 0.1) is 17.7 Å². The fourth-order valence-electron chi connectivity index (χ4n) is 2.67. The van der Waals surface area contributed by atoms with Crippen molar-refractivity contribution in [2.45, 2.75) is 32.7 Å². The number of amides is 1. The minimum Gasteiger partial charge on any atom is -0.492 e. The van der Waals surface area contributed by atoms with Crippen LogP contribution >= 0.6 is 24.0 Å². The van der Waals surface area contributed by atoms with Crippen molar-refractivity contribution in [2.75, 3.05) is 19.7 Å². The third kappa shape index (κ3) is 5.55. The first kappa shape index (κ1) is 20.1. The van der Waals surface area contributed by atoms with Crippen molar-refractivity contribution < 1.29 is 9.53 Å². The Balaban J connectivity index is 0.00000264. The molecule has 2 N–H and O–H groups in total. The number of rotatable bonds is 5. The highest BCUT2D eigenvalue weighted by Crippen LogP contribution is 2.25. The van der Waals surface area contributed by atoms with Gasteiger partial charge in [-0.1, -0.05) is 37.6 Å². The summed E-state index contributed by atoms with van der Waals surface area (Å²) in [6.07, 6.45) is 2.05. The second-order valence-electron chi connectivity index (χ2n) is 6.30. The normalized spacial score (nSPS) is 19.2.